The average molecular weight is 542 g/mol. The maximum Gasteiger partial charge on any atom is 0.338 e. The highest BCUT2D eigenvalue weighted by Gasteiger charge is 2.34. The molecule has 0 saturated carbocycles. The van der Waals surface area contributed by atoms with E-state index in [0.29, 0.717) is 27.8 Å². The van der Waals surface area contributed by atoms with Gasteiger partial charge in [-0.25, -0.2) is 4.79 Å². The molecular formula is C32H35N3O5. The molecule has 8 heteroatoms. The van der Waals surface area contributed by atoms with Crippen LogP contribution in [0.1, 0.15) is 71.1 Å². The Balaban J connectivity index is 1.42. The Bertz CT molecular complexity index is 1440. The van der Waals surface area contributed by atoms with Crippen LogP contribution in [0.25, 0.3) is 10.8 Å². The van der Waals surface area contributed by atoms with E-state index in [4.69, 9.17) is 4.74 Å². The van der Waals surface area contributed by atoms with Gasteiger partial charge >= 0.3 is 5.97 Å². The van der Waals surface area contributed by atoms with Gasteiger partial charge in [-0.15, -0.1) is 0 Å². The maximum absolute atomic E-state index is 13.7. The molecule has 0 radical (unpaired) electrons. The molecule has 2 heterocycles. The van der Waals surface area contributed by atoms with Gasteiger partial charge in [0.25, 0.3) is 11.8 Å². The summed E-state index contributed by atoms with van der Waals surface area (Å²) in [7, 11) is 0. The number of carbonyl (C=O) groups excluding carboxylic acids is 4. The number of nitrogens with zero attached hydrogens (tertiary/aromatic N) is 3. The van der Waals surface area contributed by atoms with Crippen LogP contribution in [0.3, 0.4) is 0 Å². The zero-order valence-corrected chi connectivity index (χ0v) is 23.3. The molecular weight excluding hydrogens is 506 g/mol. The van der Waals surface area contributed by atoms with Crippen LogP contribution in [0.4, 0.5) is 11.4 Å². The van der Waals surface area contributed by atoms with Crippen LogP contribution in [0.2, 0.25) is 0 Å². The highest BCUT2D eigenvalue weighted by Crippen LogP contribution is 2.37. The van der Waals surface area contributed by atoms with E-state index < -0.39 is 5.97 Å². The molecule has 3 amide bonds. The predicted molar refractivity (Wildman–Crippen MR) is 155 cm³/mol. The molecule has 0 N–H and O–H groups in total. The van der Waals surface area contributed by atoms with Crippen molar-refractivity contribution in [3.8, 4) is 0 Å². The van der Waals surface area contributed by atoms with Crippen molar-refractivity contribution < 1.29 is 23.9 Å². The zero-order chi connectivity index (χ0) is 28.4. The number of rotatable bonds is 8. The molecule has 0 aromatic heterocycles. The zero-order valence-electron chi connectivity index (χ0n) is 23.3. The predicted octanol–water partition coefficient (Wildman–Crippen LogP) is 5.29. The van der Waals surface area contributed by atoms with Gasteiger partial charge in [-0.2, -0.15) is 0 Å². The number of esters is 1. The number of anilines is 2. The molecule has 2 aliphatic rings. The molecule has 1 saturated heterocycles. The smallest absolute Gasteiger partial charge is 0.338 e. The highest BCUT2D eigenvalue weighted by molar-refractivity contribution is 6.26. The van der Waals surface area contributed by atoms with E-state index in [-0.39, 0.29) is 43.3 Å². The first-order valence-electron chi connectivity index (χ1n) is 14.1. The number of carbonyl (C=O) groups is 4. The number of hydrogen-bond donors (Lipinski definition) is 0. The van der Waals surface area contributed by atoms with Gasteiger partial charge in [0.2, 0.25) is 5.91 Å². The van der Waals surface area contributed by atoms with Crippen LogP contribution < -0.4 is 9.80 Å². The molecule has 0 atom stereocenters. The Morgan fingerprint density at radius 1 is 0.900 bits per heavy atom. The van der Waals surface area contributed by atoms with Crippen molar-refractivity contribution in [2.24, 2.45) is 5.92 Å². The SMILES string of the molecule is CCOC(=O)c1ccc(N(CCN2C(=O)c3cccc4c(N5CCCCC5)ccc(c34)C2=O)C(=O)C(C)C)cc1. The van der Waals surface area contributed by atoms with Crippen LogP contribution in [-0.2, 0) is 9.53 Å². The molecule has 0 aliphatic carbocycles. The van der Waals surface area contributed by atoms with Gasteiger partial charge < -0.3 is 14.5 Å². The molecule has 40 heavy (non-hydrogen) atoms. The van der Waals surface area contributed by atoms with Gasteiger partial charge in [0, 0.05) is 65.4 Å². The van der Waals surface area contributed by atoms with Gasteiger partial charge in [0.05, 0.1) is 12.2 Å². The Morgan fingerprint density at radius 3 is 2.23 bits per heavy atom. The van der Waals surface area contributed by atoms with E-state index in [0.717, 1.165) is 37.0 Å². The second-order valence-corrected chi connectivity index (χ2v) is 10.6. The molecule has 8 nitrogen and oxygen atoms in total. The lowest BCUT2D eigenvalue weighted by atomic mass is 9.92. The van der Waals surface area contributed by atoms with E-state index in [1.807, 2.05) is 24.3 Å². The summed E-state index contributed by atoms with van der Waals surface area (Å²) >= 11 is 0. The third-order valence-electron chi connectivity index (χ3n) is 7.66. The summed E-state index contributed by atoms with van der Waals surface area (Å²) in [5, 5.41) is 1.64. The molecule has 3 aromatic rings. The number of ether oxygens (including phenoxy) is 1. The molecule has 5 rings (SSSR count). The molecule has 2 aliphatic heterocycles. The van der Waals surface area contributed by atoms with E-state index in [9.17, 15) is 19.2 Å². The molecule has 3 aromatic carbocycles. The van der Waals surface area contributed by atoms with Crippen molar-refractivity contribution in [2.45, 2.75) is 40.0 Å². The maximum atomic E-state index is 13.7. The van der Waals surface area contributed by atoms with Gasteiger partial charge in [0.1, 0.15) is 0 Å². The Morgan fingerprint density at radius 2 is 1.57 bits per heavy atom. The van der Waals surface area contributed by atoms with Gasteiger partial charge in [0.15, 0.2) is 0 Å². The van der Waals surface area contributed by atoms with Crippen molar-refractivity contribution in [3.05, 3.63) is 71.3 Å². The fourth-order valence-corrected chi connectivity index (χ4v) is 5.61. The third-order valence-corrected chi connectivity index (χ3v) is 7.66. The van der Waals surface area contributed by atoms with Crippen molar-refractivity contribution in [2.75, 3.05) is 42.6 Å². The van der Waals surface area contributed by atoms with Gasteiger partial charge in [-0.05, 0) is 68.7 Å². The summed E-state index contributed by atoms with van der Waals surface area (Å²) in [4.78, 5) is 57.8. The summed E-state index contributed by atoms with van der Waals surface area (Å²) in [6.45, 7) is 7.72. The molecule has 0 spiro atoms. The Labute approximate surface area is 234 Å². The number of benzene rings is 3. The molecule has 1 fully saturated rings. The van der Waals surface area contributed by atoms with E-state index >= 15 is 0 Å². The van der Waals surface area contributed by atoms with Crippen LogP contribution >= 0.6 is 0 Å². The fourth-order valence-electron chi connectivity index (χ4n) is 5.61. The summed E-state index contributed by atoms with van der Waals surface area (Å²) in [5.41, 5.74) is 3.04. The summed E-state index contributed by atoms with van der Waals surface area (Å²) < 4.78 is 5.05. The fraction of sp³-hybridized carbons (Fsp3) is 0.375. The minimum absolute atomic E-state index is 0.0411. The summed E-state index contributed by atoms with van der Waals surface area (Å²) in [5.74, 6) is -1.59. The van der Waals surface area contributed by atoms with Crippen molar-refractivity contribution in [1.82, 2.24) is 4.90 Å². The molecule has 208 valence electrons. The lowest BCUT2D eigenvalue weighted by Gasteiger charge is -2.33. The second-order valence-electron chi connectivity index (χ2n) is 10.6. The van der Waals surface area contributed by atoms with Crippen molar-refractivity contribution in [3.63, 3.8) is 0 Å². The lowest BCUT2D eigenvalue weighted by molar-refractivity contribution is -0.121. The van der Waals surface area contributed by atoms with Crippen molar-refractivity contribution in [1.29, 1.82) is 0 Å². The molecule has 0 unspecified atom stereocenters. The van der Waals surface area contributed by atoms with Gasteiger partial charge in [-0.1, -0.05) is 26.0 Å². The van der Waals surface area contributed by atoms with Crippen LogP contribution in [0.5, 0.6) is 0 Å². The van der Waals surface area contributed by atoms with Gasteiger partial charge in [-0.3, -0.25) is 19.3 Å². The summed E-state index contributed by atoms with van der Waals surface area (Å²) in [6.07, 6.45) is 3.48. The normalized spacial score (nSPS) is 15.1. The van der Waals surface area contributed by atoms with Crippen LogP contribution in [-0.4, -0.2) is 61.4 Å². The van der Waals surface area contributed by atoms with Crippen LogP contribution in [0, 0.1) is 5.92 Å². The Kier molecular flexibility index (Phi) is 7.87. The quantitative estimate of drug-likeness (QED) is 0.284. The van der Waals surface area contributed by atoms with Crippen molar-refractivity contribution >= 4 is 45.8 Å². The van der Waals surface area contributed by atoms with E-state index in [1.165, 1.54) is 11.3 Å². The van der Waals surface area contributed by atoms with Crippen LogP contribution in [0.15, 0.2) is 54.6 Å². The first-order chi connectivity index (χ1) is 19.3. The second kappa shape index (κ2) is 11.5. The minimum Gasteiger partial charge on any atom is -0.462 e. The largest absolute Gasteiger partial charge is 0.462 e. The highest BCUT2D eigenvalue weighted by atomic mass is 16.5. The standard InChI is InChI=1S/C32H35N3O5/c1-4-40-32(39)22-11-13-23(14-12-22)34(29(36)21(2)3)19-20-35-30(37)25-10-8-9-24-27(33-17-6-5-7-18-33)16-15-26(28(24)25)31(35)38/h8-16,21H,4-7,17-20H2,1-3H3. The Hall–Kier alpha value is -4.20. The number of imide groups is 1. The molecule has 0 bridgehead atoms. The monoisotopic (exact) mass is 541 g/mol. The third kappa shape index (κ3) is 5.06. The first kappa shape index (κ1) is 27.4. The van der Waals surface area contributed by atoms with E-state index in [2.05, 4.69) is 4.90 Å². The first-order valence-corrected chi connectivity index (χ1v) is 14.1. The topological polar surface area (TPSA) is 87.2 Å². The van der Waals surface area contributed by atoms with E-state index in [1.54, 1.807) is 56.0 Å². The number of piperidine rings is 1. The number of hydrogen-bond acceptors (Lipinski definition) is 6. The lowest BCUT2D eigenvalue weighted by Crippen LogP contribution is -2.46. The average Bonchev–Trinajstić information content (AvgIpc) is 2.97. The number of amides is 3. The minimum atomic E-state index is -0.434. The summed E-state index contributed by atoms with van der Waals surface area (Å²) in [6, 6.07) is 16.1.